The fourth-order valence-electron chi connectivity index (χ4n) is 1.76. The lowest BCUT2D eigenvalue weighted by atomic mass is 10.2. The first-order chi connectivity index (χ1) is 8.65. The fourth-order valence-corrected chi connectivity index (χ4v) is 2.06. The zero-order valence-electron chi connectivity index (χ0n) is 10.1. The van der Waals surface area contributed by atoms with Gasteiger partial charge in [-0.05, 0) is 18.2 Å². The lowest BCUT2D eigenvalue weighted by Gasteiger charge is -2.23. The minimum Gasteiger partial charge on any atom is -0.378 e. The summed E-state index contributed by atoms with van der Waals surface area (Å²) in [6.45, 7) is 2.05. The molecule has 7 heteroatoms. The van der Waals surface area contributed by atoms with Crippen molar-refractivity contribution in [1.82, 2.24) is 5.32 Å². The third-order valence-electron chi connectivity index (χ3n) is 2.63. The van der Waals surface area contributed by atoms with Crippen LogP contribution in [0.3, 0.4) is 0 Å². The molecule has 1 aliphatic rings. The highest BCUT2D eigenvalue weighted by atomic mass is 35.5. The van der Waals surface area contributed by atoms with Gasteiger partial charge in [0.15, 0.2) is 0 Å². The average molecular weight is 326 g/mol. The van der Waals surface area contributed by atoms with Crippen LogP contribution in [0.15, 0.2) is 18.2 Å². The summed E-state index contributed by atoms with van der Waals surface area (Å²) >= 11 is 11.7. The molecule has 19 heavy (non-hydrogen) atoms. The Bertz CT molecular complexity index is 437. The summed E-state index contributed by atoms with van der Waals surface area (Å²) in [7, 11) is 0. The molecule has 1 saturated heterocycles. The van der Waals surface area contributed by atoms with E-state index in [4.69, 9.17) is 27.9 Å². The van der Waals surface area contributed by atoms with Crippen LogP contribution < -0.4 is 10.6 Å². The van der Waals surface area contributed by atoms with Gasteiger partial charge in [0.25, 0.3) is 0 Å². The van der Waals surface area contributed by atoms with E-state index in [1.165, 1.54) is 0 Å². The number of anilines is 1. The average Bonchev–Trinajstić information content (AvgIpc) is 2.35. The number of hydrogen-bond donors (Lipinski definition) is 2. The number of rotatable bonds is 3. The maximum Gasteiger partial charge on any atom is 0.226 e. The zero-order valence-corrected chi connectivity index (χ0v) is 12.4. The lowest BCUT2D eigenvalue weighted by Crippen LogP contribution is -2.43. The third kappa shape index (κ3) is 5.16. The van der Waals surface area contributed by atoms with E-state index in [0.717, 1.165) is 6.54 Å². The van der Waals surface area contributed by atoms with E-state index >= 15 is 0 Å². The molecule has 1 fully saturated rings. The van der Waals surface area contributed by atoms with Crippen molar-refractivity contribution >= 4 is 47.2 Å². The second-order valence-electron chi connectivity index (χ2n) is 4.11. The summed E-state index contributed by atoms with van der Waals surface area (Å²) in [5.74, 6) is -0.0728. The maximum atomic E-state index is 11.8. The predicted octanol–water partition coefficient (Wildman–Crippen LogP) is 2.73. The van der Waals surface area contributed by atoms with E-state index in [9.17, 15) is 4.79 Å². The van der Waals surface area contributed by atoms with E-state index in [-0.39, 0.29) is 24.4 Å². The molecule has 1 atom stereocenters. The van der Waals surface area contributed by atoms with Gasteiger partial charge in [-0.1, -0.05) is 23.2 Å². The summed E-state index contributed by atoms with van der Waals surface area (Å²) in [4.78, 5) is 11.8. The van der Waals surface area contributed by atoms with Crippen LogP contribution in [0, 0.1) is 0 Å². The first-order valence-corrected chi connectivity index (χ1v) is 6.47. The van der Waals surface area contributed by atoms with Crippen molar-refractivity contribution in [2.24, 2.45) is 0 Å². The Balaban J connectivity index is 0.00000180. The van der Waals surface area contributed by atoms with Crippen LogP contribution in [0.1, 0.15) is 6.42 Å². The molecule has 1 unspecified atom stereocenters. The number of amides is 1. The number of carbonyl (C=O) groups excluding carboxylic acids is 1. The standard InChI is InChI=1S/C12H14Cl2N2O2.ClH/c13-10-2-1-8(5-11(10)14)16-12(17)6-9-7-18-4-3-15-9;/h1-2,5,9,15H,3-4,6-7H2,(H,16,17);1H. The maximum absolute atomic E-state index is 11.8. The highest BCUT2D eigenvalue weighted by molar-refractivity contribution is 6.42. The van der Waals surface area contributed by atoms with E-state index in [1.807, 2.05) is 0 Å². The summed E-state index contributed by atoms with van der Waals surface area (Å²) in [5.41, 5.74) is 0.645. The van der Waals surface area contributed by atoms with Crippen molar-refractivity contribution in [1.29, 1.82) is 0 Å². The molecule has 2 rings (SSSR count). The number of ether oxygens (including phenoxy) is 1. The van der Waals surface area contributed by atoms with Crippen LogP contribution in [0.2, 0.25) is 10.0 Å². The first kappa shape index (κ1) is 16.5. The molecule has 1 heterocycles. The molecule has 0 saturated carbocycles. The van der Waals surface area contributed by atoms with Crippen molar-refractivity contribution in [2.45, 2.75) is 12.5 Å². The van der Waals surface area contributed by atoms with Crippen molar-refractivity contribution in [3.05, 3.63) is 28.2 Å². The van der Waals surface area contributed by atoms with Gasteiger partial charge >= 0.3 is 0 Å². The second kappa shape index (κ2) is 7.92. The first-order valence-electron chi connectivity index (χ1n) is 5.71. The summed E-state index contributed by atoms with van der Waals surface area (Å²) in [5, 5.41) is 6.90. The van der Waals surface area contributed by atoms with Gasteiger partial charge in [0.2, 0.25) is 5.91 Å². The molecule has 0 radical (unpaired) electrons. The van der Waals surface area contributed by atoms with Gasteiger partial charge in [-0.3, -0.25) is 4.79 Å². The van der Waals surface area contributed by atoms with Gasteiger partial charge in [-0.15, -0.1) is 12.4 Å². The van der Waals surface area contributed by atoms with E-state index < -0.39 is 0 Å². The highest BCUT2D eigenvalue weighted by Gasteiger charge is 2.16. The van der Waals surface area contributed by atoms with Gasteiger partial charge < -0.3 is 15.4 Å². The Morgan fingerprint density at radius 1 is 1.42 bits per heavy atom. The van der Waals surface area contributed by atoms with Crippen LogP contribution in [-0.2, 0) is 9.53 Å². The van der Waals surface area contributed by atoms with Crippen molar-refractivity contribution in [3.8, 4) is 0 Å². The van der Waals surface area contributed by atoms with Gasteiger partial charge in [0.1, 0.15) is 0 Å². The molecular weight excluding hydrogens is 311 g/mol. The lowest BCUT2D eigenvalue weighted by molar-refractivity contribution is -0.117. The molecule has 106 valence electrons. The molecule has 4 nitrogen and oxygen atoms in total. The number of carbonyl (C=O) groups is 1. The van der Waals surface area contributed by atoms with Crippen LogP contribution in [-0.4, -0.2) is 31.7 Å². The SMILES string of the molecule is Cl.O=C(CC1COCCN1)Nc1ccc(Cl)c(Cl)c1. The number of morpholine rings is 1. The van der Waals surface area contributed by atoms with Crippen LogP contribution in [0.25, 0.3) is 0 Å². The minimum absolute atomic E-state index is 0. The number of benzene rings is 1. The van der Waals surface area contributed by atoms with Gasteiger partial charge in [-0.2, -0.15) is 0 Å². The normalized spacial score (nSPS) is 18.5. The van der Waals surface area contributed by atoms with Gasteiger partial charge in [0.05, 0.1) is 23.3 Å². The Labute approximate surface area is 128 Å². The smallest absolute Gasteiger partial charge is 0.226 e. The number of nitrogens with one attached hydrogen (secondary N) is 2. The minimum atomic E-state index is -0.0728. The predicted molar refractivity (Wildman–Crippen MR) is 79.6 cm³/mol. The van der Waals surface area contributed by atoms with Crippen molar-refractivity contribution < 1.29 is 9.53 Å². The van der Waals surface area contributed by atoms with Crippen LogP contribution in [0.5, 0.6) is 0 Å². The van der Waals surface area contributed by atoms with E-state index in [2.05, 4.69) is 10.6 Å². The summed E-state index contributed by atoms with van der Waals surface area (Å²) in [6, 6.07) is 5.08. The molecule has 1 aromatic rings. The Kier molecular flexibility index (Phi) is 6.89. The quantitative estimate of drug-likeness (QED) is 0.898. The highest BCUT2D eigenvalue weighted by Crippen LogP contribution is 2.25. The van der Waals surface area contributed by atoms with Gasteiger partial charge in [0, 0.05) is 24.7 Å². The number of hydrogen-bond acceptors (Lipinski definition) is 3. The molecule has 2 N–H and O–H groups in total. The molecule has 0 aliphatic carbocycles. The Hall–Kier alpha value is -0.520. The van der Waals surface area contributed by atoms with E-state index in [0.29, 0.717) is 35.4 Å². The van der Waals surface area contributed by atoms with Crippen molar-refractivity contribution in [3.63, 3.8) is 0 Å². The fraction of sp³-hybridized carbons (Fsp3) is 0.417. The molecule has 1 amide bonds. The number of halogens is 3. The second-order valence-corrected chi connectivity index (χ2v) is 4.92. The van der Waals surface area contributed by atoms with E-state index in [1.54, 1.807) is 18.2 Å². The van der Waals surface area contributed by atoms with Crippen LogP contribution >= 0.6 is 35.6 Å². The molecule has 0 aromatic heterocycles. The van der Waals surface area contributed by atoms with Crippen molar-refractivity contribution in [2.75, 3.05) is 25.1 Å². The Morgan fingerprint density at radius 3 is 2.84 bits per heavy atom. The molecular formula is C12H15Cl3N2O2. The largest absolute Gasteiger partial charge is 0.378 e. The monoisotopic (exact) mass is 324 g/mol. The molecule has 0 spiro atoms. The zero-order chi connectivity index (χ0) is 13.0. The molecule has 1 aliphatic heterocycles. The van der Waals surface area contributed by atoms with Crippen LogP contribution in [0.4, 0.5) is 5.69 Å². The summed E-state index contributed by atoms with van der Waals surface area (Å²) in [6.07, 6.45) is 0.375. The van der Waals surface area contributed by atoms with Gasteiger partial charge in [-0.25, -0.2) is 0 Å². The topological polar surface area (TPSA) is 50.4 Å². The molecule has 0 bridgehead atoms. The molecule has 1 aromatic carbocycles. The summed E-state index contributed by atoms with van der Waals surface area (Å²) < 4.78 is 5.29. The third-order valence-corrected chi connectivity index (χ3v) is 3.37. The Morgan fingerprint density at radius 2 is 2.21 bits per heavy atom.